The Labute approximate surface area is 124 Å². The van der Waals surface area contributed by atoms with E-state index in [9.17, 15) is 4.79 Å². The van der Waals surface area contributed by atoms with E-state index in [4.69, 9.17) is 4.42 Å². The number of carbonyl (C=O) groups is 1. The third-order valence-corrected chi connectivity index (χ3v) is 3.20. The van der Waals surface area contributed by atoms with Crippen molar-refractivity contribution < 1.29 is 9.21 Å². The van der Waals surface area contributed by atoms with Crippen LogP contribution in [-0.4, -0.2) is 24.5 Å². The van der Waals surface area contributed by atoms with E-state index in [-0.39, 0.29) is 5.91 Å². The first-order valence-electron chi connectivity index (χ1n) is 7.07. The summed E-state index contributed by atoms with van der Waals surface area (Å²) >= 11 is 0. The minimum absolute atomic E-state index is 0.0173. The van der Waals surface area contributed by atoms with Gasteiger partial charge in [-0.25, -0.2) is 4.98 Å². The minimum Gasteiger partial charge on any atom is -0.444 e. The van der Waals surface area contributed by atoms with Crippen LogP contribution in [0.15, 0.2) is 28.9 Å². The van der Waals surface area contributed by atoms with Crippen molar-refractivity contribution in [3.63, 3.8) is 0 Å². The lowest BCUT2D eigenvalue weighted by Gasteiger charge is -2.08. The minimum atomic E-state index is 0.0173. The summed E-state index contributed by atoms with van der Waals surface area (Å²) in [5, 5.41) is 5.94. The van der Waals surface area contributed by atoms with E-state index < -0.39 is 0 Å². The number of aryl methyl sites for hydroxylation is 2. The van der Waals surface area contributed by atoms with E-state index in [0.29, 0.717) is 12.3 Å². The van der Waals surface area contributed by atoms with Gasteiger partial charge in [-0.05, 0) is 51.6 Å². The fourth-order valence-electron chi connectivity index (χ4n) is 2.06. The number of nitrogens with zero attached hydrogens (tertiary/aromatic N) is 1. The van der Waals surface area contributed by atoms with Crippen LogP contribution in [0.2, 0.25) is 0 Å². The fraction of sp³-hybridized carbons (Fsp3) is 0.375. The maximum absolute atomic E-state index is 11.8. The highest BCUT2D eigenvalue weighted by Crippen LogP contribution is 2.26. The topological polar surface area (TPSA) is 67.2 Å². The highest BCUT2D eigenvalue weighted by atomic mass is 16.3. The van der Waals surface area contributed by atoms with Crippen LogP contribution in [0.3, 0.4) is 0 Å². The van der Waals surface area contributed by atoms with Crippen LogP contribution >= 0.6 is 0 Å². The number of carbonyl (C=O) groups excluding carboxylic acids is 1. The predicted octanol–water partition coefficient (Wildman–Crippen LogP) is 2.90. The molecule has 1 heterocycles. The average Bonchev–Trinajstić information content (AvgIpc) is 2.88. The Balaban J connectivity index is 2.10. The number of benzene rings is 1. The Morgan fingerprint density at radius 3 is 2.81 bits per heavy atom. The van der Waals surface area contributed by atoms with Gasteiger partial charge in [-0.3, -0.25) is 4.79 Å². The summed E-state index contributed by atoms with van der Waals surface area (Å²) in [5.74, 6) is 0.597. The molecule has 0 aliphatic heterocycles. The highest BCUT2D eigenvalue weighted by Gasteiger charge is 2.10. The molecule has 1 aromatic heterocycles. The van der Waals surface area contributed by atoms with E-state index in [2.05, 4.69) is 15.6 Å². The summed E-state index contributed by atoms with van der Waals surface area (Å²) in [6, 6.07) is 5.75. The molecule has 2 rings (SSSR count). The van der Waals surface area contributed by atoms with Crippen LogP contribution in [0, 0.1) is 13.8 Å². The van der Waals surface area contributed by atoms with Crippen molar-refractivity contribution in [3.8, 4) is 11.5 Å². The van der Waals surface area contributed by atoms with E-state index >= 15 is 0 Å². The van der Waals surface area contributed by atoms with Crippen LogP contribution in [0.25, 0.3) is 11.5 Å². The molecule has 0 fully saturated rings. The molecule has 0 spiro atoms. The number of amides is 1. The van der Waals surface area contributed by atoms with Gasteiger partial charge < -0.3 is 15.1 Å². The van der Waals surface area contributed by atoms with Crippen LogP contribution in [0.4, 0.5) is 5.69 Å². The third-order valence-electron chi connectivity index (χ3n) is 3.20. The second-order valence-corrected chi connectivity index (χ2v) is 5.08. The molecule has 21 heavy (non-hydrogen) atoms. The van der Waals surface area contributed by atoms with E-state index in [1.807, 2.05) is 39.1 Å². The van der Waals surface area contributed by atoms with Crippen molar-refractivity contribution in [1.29, 1.82) is 0 Å². The van der Waals surface area contributed by atoms with Crippen molar-refractivity contribution in [2.24, 2.45) is 0 Å². The SMILES string of the molecule is CNCCCC(=O)Nc1ccc(C)c(-c2nc(C)co2)c1. The summed E-state index contributed by atoms with van der Waals surface area (Å²) in [5.41, 5.74) is 3.56. The fourth-order valence-corrected chi connectivity index (χ4v) is 2.06. The number of aromatic nitrogens is 1. The number of hydrogen-bond acceptors (Lipinski definition) is 4. The van der Waals surface area contributed by atoms with Crippen molar-refractivity contribution in [2.45, 2.75) is 26.7 Å². The quantitative estimate of drug-likeness (QED) is 0.802. The van der Waals surface area contributed by atoms with Gasteiger partial charge in [-0.15, -0.1) is 0 Å². The lowest BCUT2D eigenvalue weighted by molar-refractivity contribution is -0.116. The number of nitrogens with one attached hydrogen (secondary N) is 2. The second kappa shape index (κ2) is 7.04. The molecule has 0 aliphatic rings. The standard InChI is InChI=1S/C16H21N3O2/c1-11-6-7-13(19-15(20)5-4-8-17-3)9-14(11)16-18-12(2)10-21-16/h6-7,9-10,17H,4-5,8H2,1-3H3,(H,19,20). The van der Waals surface area contributed by atoms with E-state index in [1.54, 1.807) is 6.26 Å². The molecule has 0 saturated heterocycles. The summed E-state index contributed by atoms with van der Waals surface area (Å²) in [7, 11) is 1.88. The van der Waals surface area contributed by atoms with Gasteiger partial charge in [-0.2, -0.15) is 0 Å². The Morgan fingerprint density at radius 1 is 1.33 bits per heavy atom. The van der Waals surface area contributed by atoms with Crippen molar-refractivity contribution in [2.75, 3.05) is 18.9 Å². The predicted molar refractivity (Wildman–Crippen MR) is 83.2 cm³/mol. The van der Waals surface area contributed by atoms with Gasteiger partial charge in [0.15, 0.2) is 0 Å². The summed E-state index contributed by atoms with van der Waals surface area (Å²) in [4.78, 5) is 16.2. The van der Waals surface area contributed by atoms with Crippen LogP contribution in [0.1, 0.15) is 24.1 Å². The van der Waals surface area contributed by atoms with Gasteiger partial charge in [0.1, 0.15) is 6.26 Å². The molecule has 1 amide bonds. The second-order valence-electron chi connectivity index (χ2n) is 5.08. The van der Waals surface area contributed by atoms with Crippen molar-refractivity contribution in [3.05, 3.63) is 35.7 Å². The first-order chi connectivity index (χ1) is 10.1. The molecular weight excluding hydrogens is 266 g/mol. The van der Waals surface area contributed by atoms with E-state index in [1.165, 1.54) is 0 Å². The molecule has 0 atom stereocenters. The molecular formula is C16H21N3O2. The summed E-state index contributed by atoms with van der Waals surface area (Å²) in [6.07, 6.45) is 2.94. The van der Waals surface area contributed by atoms with Gasteiger partial charge >= 0.3 is 0 Å². The molecule has 0 radical (unpaired) electrons. The Morgan fingerprint density at radius 2 is 2.14 bits per heavy atom. The van der Waals surface area contributed by atoms with Gasteiger partial charge in [0.2, 0.25) is 11.8 Å². The number of anilines is 1. The Kier molecular flexibility index (Phi) is 5.11. The van der Waals surface area contributed by atoms with E-state index in [0.717, 1.165) is 35.5 Å². The molecule has 0 saturated carbocycles. The van der Waals surface area contributed by atoms with Crippen LogP contribution in [0.5, 0.6) is 0 Å². The molecule has 0 unspecified atom stereocenters. The first-order valence-corrected chi connectivity index (χ1v) is 7.07. The largest absolute Gasteiger partial charge is 0.444 e. The summed E-state index contributed by atoms with van der Waals surface area (Å²) < 4.78 is 5.44. The summed E-state index contributed by atoms with van der Waals surface area (Å²) in [6.45, 7) is 4.71. The van der Waals surface area contributed by atoms with Gasteiger partial charge in [-0.1, -0.05) is 6.07 Å². The third kappa shape index (κ3) is 4.16. The first kappa shape index (κ1) is 15.3. The van der Waals surface area contributed by atoms with Crippen molar-refractivity contribution in [1.82, 2.24) is 10.3 Å². The zero-order chi connectivity index (χ0) is 15.2. The number of oxazole rings is 1. The molecule has 0 bridgehead atoms. The monoisotopic (exact) mass is 287 g/mol. The Bertz CT molecular complexity index is 620. The lowest BCUT2D eigenvalue weighted by Crippen LogP contribution is -2.15. The van der Waals surface area contributed by atoms with Crippen molar-refractivity contribution >= 4 is 11.6 Å². The molecule has 2 N–H and O–H groups in total. The normalized spacial score (nSPS) is 10.6. The highest BCUT2D eigenvalue weighted by molar-refractivity contribution is 5.91. The molecule has 5 heteroatoms. The molecule has 1 aromatic carbocycles. The average molecular weight is 287 g/mol. The smallest absolute Gasteiger partial charge is 0.226 e. The van der Waals surface area contributed by atoms with Crippen LogP contribution < -0.4 is 10.6 Å². The van der Waals surface area contributed by atoms with Crippen LogP contribution in [-0.2, 0) is 4.79 Å². The lowest BCUT2D eigenvalue weighted by atomic mass is 10.1. The zero-order valence-corrected chi connectivity index (χ0v) is 12.7. The maximum atomic E-state index is 11.8. The Hall–Kier alpha value is -2.14. The molecule has 2 aromatic rings. The maximum Gasteiger partial charge on any atom is 0.226 e. The molecule has 0 aliphatic carbocycles. The number of rotatable bonds is 6. The number of hydrogen-bond donors (Lipinski definition) is 2. The van der Waals surface area contributed by atoms with Gasteiger partial charge in [0.25, 0.3) is 0 Å². The molecule has 5 nitrogen and oxygen atoms in total. The molecule has 112 valence electrons. The zero-order valence-electron chi connectivity index (χ0n) is 12.7. The van der Waals surface area contributed by atoms with Gasteiger partial charge in [0, 0.05) is 17.7 Å². The van der Waals surface area contributed by atoms with Gasteiger partial charge in [0.05, 0.1) is 5.69 Å².